The number of rotatable bonds is 7. The number of non-ortho nitro benzene ring substituents is 1. The van der Waals surface area contributed by atoms with Crippen LogP contribution in [0.3, 0.4) is 0 Å². The first kappa shape index (κ1) is 21.4. The van der Waals surface area contributed by atoms with Crippen LogP contribution in [-0.4, -0.2) is 46.3 Å². The van der Waals surface area contributed by atoms with E-state index >= 15 is 0 Å². The van der Waals surface area contributed by atoms with Crippen LogP contribution in [0.2, 0.25) is 0 Å². The van der Waals surface area contributed by atoms with E-state index in [1.807, 2.05) is 6.07 Å². The number of anilines is 2. The summed E-state index contributed by atoms with van der Waals surface area (Å²) in [6.07, 6.45) is 3.37. The first-order chi connectivity index (χ1) is 14.4. The molecule has 1 fully saturated rings. The van der Waals surface area contributed by atoms with Gasteiger partial charge in [-0.1, -0.05) is 12.1 Å². The number of benzene rings is 1. The van der Waals surface area contributed by atoms with E-state index in [9.17, 15) is 19.7 Å². The zero-order valence-electron chi connectivity index (χ0n) is 16.8. The molecule has 30 heavy (non-hydrogen) atoms. The van der Waals surface area contributed by atoms with Gasteiger partial charge in [0.1, 0.15) is 5.82 Å². The summed E-state index contributed by atoms with van der Waals surface area (Å²) in [5.41, 5.74) is 1.18. The summed E-state index contributed by atoms with van der Waals surface area (Å²) in [5.74, 6) is 0.281. The minimum Gasteiger partial charge on any atom is -0.326 e. The Hall–Kier alpha value is -3.33. The summed E-state index contributed by atoms with van der Waals surface area (Å²) in [6, 6.07) is 9.79. The summed E-state index contributed by atoms with van der Waals surface area (Å²) in [6.45, 7) is 3.85. The van der Waals surface area contributed by atoms with E-state index < -0.39 is 4.92 Å². The number of likely N-dealkylation sites (tertiary alicyclic amines) is 1. The van der Waals surface area contributed by atoms with Crippen LogP contribution in [0.15, 0.2) is 42.6 Å². The Morgan fingerprint density at radius 2 is 1.97 bits per heavy atom. The lowest BCUT2D eigenvalue weighted by Gasteiger charge is -2.31. The second kappa shape index (κ2) is 9.93. The Bertz CT molecular complexity index is 911. The molecule has 0 spiro atoms. The molecule has 9 heteroatoms. The lowest BCUT2D eigenvalue weighted by Crippen LogP contribution is -2.39. The monoisotopic (exact) mass is 411 g/mol. The minimum absolute atomic E-state index is 0.0211. The van der Waals surface area contributed by atoms with Gasteiger partial charge in [-0.3, -0.25) is 19.7 Å². The van der Waals surface area contributed by atoms with Gasteiger partial charge in [0.25, 0.3) is 5.69 Å². The number of nitrogens with one attached hydrogen (secondary N) is 2. The van der Waals surface area contributed by atoms with Crippen molar-refractivity contribution >= 4 is 29.0 Å². The highest BCUT2D eigenvalue weighted by molar-refractivity contribution is 5.92. The van der Waals surface area contributed by atoms with Gasteiger partial charge in [0, 0.05) is 37.2 Å². The Kier molecular flexibility index (Phi) is 7.08. The average Bonchev–Trinajstić information content (AvgIpc) is 2.74. The van der Waals surface area contributed by atoms with Crippen molar-refractivity contribution in [3.8, 4) is 0 Å². The molecular weight excluding hydrogens is 386 g/mol. The van der Waals surface area contributed by atoms with Crippen molar-refractivity contribution in [3.63, 3.8) is 0 Å². The first-order valence-electron chi connectivity index (χ1n) is 9.91. The molecule has 0 unspecified atom stereocenters. The molecule has 2 heterocycles. The van der Waals surface area contributed by atoms with E-state index in [-0.39, 0.29) is 29.8 Å². The normalized spacial score (nSPS) is 14.8. The highest BCUT2D eigenvalue weighted by atomic mass is 16.6. The Labute approximate surface area is 174 Å². The number of nitro benzene ring substituents is 1. The summed E-state index contributed by atoms with van der Waals surface area (Å²) in [5, 5.41) is 16.5. The largest absolute Gasteiger partial charge is 0.326 e. The molecule has 0 atom stereocenters. The maximum Gasteiger partial charge on any atom is 0.271 e. The van der Waals surface area contributed by atoms with E-state index in [2.05, 4.69) is 20.5 Å². The average molecular weight is 411 g/mol. The molecule has 0 saturated carbocycles. The number of nitrogens with zero attached hydrogens (tertiary/aromatic N) is 3. The van der Waals surface area contributed by atoms with Crippen LogP contribution in [0.4, 0.5) is 17.2 Å². The molecule has 9 nitrogen and oxygen atoms in total. The molecule has 1 saturated heterocycles. The molecule has 0 bridgehead atoms. The Morgan fingerprint density at radius 3 is 2.63 bits per heavy atom. The molecule has 1 aliphatic heterocycles. The van der Waals surface area contributed by atoms with Crippen LogP contribution in [0.25, 0.3) is 0 Å². The van der Waals surface area contributed by atoms with E-state index in [0.717, 1.165) is 31.5 Å². The summed E-state index contributed by atoms with van der Waals surface area (Å²) < 4.78 is 0. The van der Waals surface area contributed by atoms with Gasteiger partial charge in [0.2, 0.25) is 11.8 Å². The summed E-state index contributed by atoms with van der Waals surface area (Å²) in [4.78, 5) is 41.4. The summed E-state index contributed by atoms with van der Waals surface area (Å²) >= 11 is 0. The highest BCUT2D eigenvalue weighted by Gasteiger charge is 2.25. The van der Waals surface area contributed by atoms with Crippen molar-refractivity contribution in [1.29, 1.82) is 0 Å². The quantitative estimate of drug-likeness (QED) is 0.534. The number of aromatic nitrogens is 1. The lowest BCUT2D eigenvalue weighted by atomic mass is 9.96. The zero-order chi connectivity index (χ0) is 21.5. The molecule has 1 aromatic heterocycles. The van der Waals surface area contributed by atoms with Crippen molar-refractivity contribution in [2.45, 2.75) is 26.2 Å². The van der Waals surface area contributed by atoms with Gasteiger partial charge in [-0.2, -0.15) is 0 Å². The Balaban J connectivity index is 1.42. The number of nitro groups is 1. The predicted molar refractivity (Wildman–Crippen MR) is 113 cm³/mol. The van der Waals surface area contributed by atoms with Crippen molar-refractivity contribution in [2.24, 2.45) is 5.92 Å². The van der Waals surface area contributed by atoms with Crippen molar-refractivity contribution in [1.82, 2.24) is 9.88 Å². The Morgan fingerprint density at radius 1 is 1.20 bits per heavy atom. The highest BCUT2D eigenvalue weighted by Crippen LogP contribution is 2.22. The summed E-state index contributed by atoms with van der Waals surface area (Å²) in [7, 11) is 0. The third kappa shape index (κ3) is 5.84. The molecule has 2 aromatic rings. The third-order valence-corrected chi connectivity index (χ3v) is 5.24. The number of hydrogen-bond donors (Lipinski definition) is 2. The van der Waals surface area contributed by atoms with Gasteiger partial charge in [-0.15, -0.1) is 0 Å². The van der Waals surface area contributed by atoms with E-state index in [0.29, 0.717) is 18.1 Å². The number of piperidine rings is 1. The number of pyridine rings is 1. The van der Waals surface area contributed by atoms with Crippen molar-refractivity contribution in [2.75, 3.05) is 30.3 Å². The fraction of sp³-hybridized carbons (Fsp3) is 0.381. The van der Waals surface area contributed by atoms with Gasteiger partial charge in [0.15, 0.2) is 0 Å². The van der Waals surface area contributed by atoms with Crippen LogP contribution in [0, 0.1) is 23.0 Å². The lowest BCUT2D eigenvalue weighted by molar-refractivity contribution is -0.384. The first-order valence-corrected chi connectivity index (χ1v) is 9.91. The SMILES string of the molecule is Cc1ccc([N+](=O)[O-])cc1NC(=O)CCN1CCC(C(=O)Nc2ccccn2)CC1. The number of carbonyl (C=O) groups is 2. The van der Waals surface area contributed by atoms with Crippen LogP contribution < -0.4 is 10.6 Å². The molecule has 0 aliphatic carbocycles. The number of hydrogen-bond acceptors (Lipinski definition) is 6. The second-order valence-corrected chi connectivity index (χ2v) is 7.37. The van der Waals surface area contributed by atoms with Gasteiger partial charge in [-0.05, 0) is 50.6 Å². The third-order valence-electron chi connectivity index (χ3n) is 5.24. The van der Waals surface area contributed by atoms with Gasteiger partial charge >= 0.3 is 0 Å². The number of carbonyl (C=O) groups excluding carboxylic acids is 2. The molecule has 158 valence electrons. The predicted octanol–water partition coefficient (Wildman–Crippen LogP) is 2.98. The van der Waals surface area contributed by atoms with E-state index in [1.54, 1.807) is 31.3 Å². The topological polar surface area (TPSA) is 117 Å². The van der Waals surface area contributed by atoms with Crippen molar-refractivity contribution < 1.29 is 14.5 Å². The standard InChI is InChI=1S/C21H25N5O4/c1-15-5-6-17(26(29)30)14-18(15)23-20(27)9-13-25-11-7-16(8-12-25)21(28)24-19-4-2-3-10-22-19/h2-6,10,14,16H,7-9,11-13H2,1H3,(H,23,27)(H,22,24,28). The number of amides is 2. The maximum atomic E-state index is 12.4. The second-order valence-electron chi connectivity index (χ2n) is 7.37. The fourth-order valence-corrected chi connectivity index (χ4v) is 3.41. The van der Waals surface area contributed by atoms with E-state index in [4.69, 9.17) is 0 Å². The van der Waals surface area contributed by atoms with Crippen LogP contribution in [0.5, 0.6) is 0 Å². The van der Waals surface area contributed by atoms with Gasteiger partial charge < -0.3 is 15.5 Å². The van der Waals surface area contributed by atoms with Crippen LogP contribution in [-0.2, 0) is 9.59 Å². The van der Waals surface area contributed by atoms with Crippen LogP contribution in [0.1, 0.15) is 24.8 Å². The molecule has 0 radical (unpaired) electrons. The molecule has 2 N–H and O–H groups in total. The molecule has 1 aromatic carbocycles. The minimum atomic E-state index is -0.483. The van der Waals surface area contributed by atoms with Crippen molar-refractivity contribution in [3.05, 3.63) is 58.3 Å². The zero-order valence-corrected chi connectivity index (χ0v) is 16.8. The molecule has 2 amide bonds. The van der Waals surface area contributed by atoms with E-state index in [1.165, 1.54) is 12.1 Å². The molecule has 1 aliphatic rings. The smallest absolute Gasteiger partial charge is 0.271 e. The van der Waals surface area contributed by atoms with Gasteiger partial charge in [-0.25, -0.2) is 4.98 Å². The maximum absolute atomic E-state index is 12.4. The van der Waals surface area contributed by atoms with Crippen LogP contribution >= 0.6 is 0 Å². The molecular formula is C21H25N5O4. The number of aryl methyl sites for hydroxylation is 1. The fourth-order valence-electron chi connectivity index (χ4n) is 3.41. The molecule has 3 rings (SSSR count). The van der Waals surface area contributed by atoms with Gasteiger partial charge in [0.05, 0.1) is 10.6 Å².